The third kappa shape index (κ3) is 5.82. The Balaban J connectivity index is 1.81. The molecule has 2 atom stereocenters. The summed E-state index contributed by atoms with van der Waals surface area (Å²) in [4.78, 5) is 0. The first-order valence-corrected chi connectivity index (χ1v) is 8.38. The maximum atomic E-state index is 10.0. The van der Waals surface area contributed by atoms with Crippen molar-refractivity contribution in [3.63, 3.8) is 0 Å². The van der Waals surface area contributed by atoms with E-state index in [2.05, 4.69) is 36.1 Å². The van der Waals surface area contributed by atoms with E-state index in [4.69, 9.17) is 10.8 Å². The van der Waals surface area contributed by atoms with E-state index in [1.165, 1.54) is 5.56 Å². The Labute approximate surface area is 144 Å². The van der Waals surface area contributed by atoms with Crippen molar-refractivity contribution in [1.82, 2.24) is 0 Å². The van der Waals surface area contributed by atoms with Crippen LogP contribution in [0.3, 0.4) is 0 Å². The van der Waals surface area contributed by atoms with Crippen molar-refractivity contribution in [3.05, 3.63) is 71.3 Å². The van der Waals surface area contributed by atoms with E-state index < -0.39 is 12.1 Å². The average Bonchev–Trinajstić information content (AvgIpc) is 2.64. The van der Waals surface area contributed by atoms with E-state index in [0.29, 0.717) is 5.56 Å². The fourth-order valence-corrected chi connectivity index (χ4v) is 2.50. The maximum absolute atomic E-state index is 10.0. The van der Waals surface area contributed by atoms with Gasteiger partial charge in [-0.05, 0) is 42.5 Å². The van der Waals surface area contributed by atoms with Crippen molar-refractivity contribution in [1.29, 1.82) is 0 Å². The highest BCUT2D eigenvalue weighted by molar-refractivity contribution is 5.38. The van der Waals surface area contributed by atoms with Gasteiger partial charge in [0.05, 0.1) is 18.8 Å². The molecule has 0 fully saturated rings. The van der Waals surface area contributed by atoms with Gasteiger partial charge in [0, 0.05) is 12.0 Å². The van der Waals surface area contributed by atoms with E-state index in [1.54, 1.807) is 6.07 Å². The van der Waals surface area contributed by atoms with Crippen LogP contribution >= 0.6 is 0 Å². The molecular formula is C21H25NO2. The third-order valence-corrected chi connectivity index (χ3v) is 3.94. The topological polar surface area (TPSA) is 66.5 Å². The molecule has 3 heteroatoms. The number of benzene rings is 2. The molecule has 2 aromatic rings. The van der Waals surface area contributed by atoms with Crippen LogP contribution in [0.5, 0.6) is 0 Å². The summed E-state index contributed by atoms with van der Waals surface area (Å²) in [6, 6.07) is 17.2. The third-order valence-electron chi connectivity index (χ3n) is 3.94. The lowest BCUT2D eigenvalue weighted by Crippen LogP contribution is -2.31. The molecule has 0 amide bonds. The first kappa shape index (κ1) is 18.2. The molecule has 0 aliphatic rings. The predicted octanol–water partition coefficient (Wildman–Crippen LogP) is 2.80. The quantitative estimate of drug-likeness (QED) is 0.542. The molecule has 0 aromatic heterocycles. The summed E-state index contributed by atoms with van der Waals surface area (Å²) in [5.41, 5.74) is 8.58. The molecule has 2 aromatic carbocycles. The summed E-state index contributed by atoms with van der Waals surface area (Å²) in [5.74, 6) is 6.32. The second-order valence-corrected chi connectivity index (χ2v) is 5.91. The molecule has 0 saturated carbocycles. The summed E-state index contributed by atoms with van der Waals surface area (Å²) in [5, 5.41) is 19.1. The van der Waals surface area contributed by atoms with Crippen molar-refractivity contribution < 1.29 is 10.2 Å². The molecule has 0 aliphatic heterocycles. The molecule has 0 aliphatic carbocycles. The fraction of sp³-hybridized carbons (Fsp3) is 0.333. The number of unbranched alkanes of at least 4 members (excludes halogenated alkanes) is 2. The fourth-order valence-electron chi connectivity index (χ4n) is 2.50. The number of hydrogen-bond acceptors (Lipinski definition) is 3. The molecule has 0 saturated heterocycles. The van der Waals surface area contributed by atoms with Crippen LogP contribution in [0, 0.1) is 11.8 Å². The van der Waals surface area contributed by atoms with Crippen molar-refractivity contribution in [2.24, 2.45) is 5.73 Å². The zero-order chi connectivity index (χ0) is 17.2. The highest BCUT2D eigenvalue weighted by Crippen LogP contribution is 2.16. The van der Waals surface area contributed by atoms with Gasteiger partial charge in [0.15, 0.2) is 0 Å². The van der Waals surface area contributed by atoms with Gasteiger partial charge in [-0.2, -0.15) is 0 Å². The van der Waals surface area contributed by atoms with Gasteiger partial charge in [0.2, 0.25) is 0 Å². The molecule has 0 radical (unpaired) electrons. The van der Waals surface area contributed by atoms with E-state index in [9.17, 15) is 5.11 Å². The standard InChI is InChI=1S/C21H25NO2/c22-20(16-23)21(24)19-14-8-13-18(15-19)12-5-2-1-4-9-17-10-6-3-7-11-17/h3,6-8,10-11,13-15,20-21,23-24H,1-2,4,9,16,22H2. The average molecular weight is 323 g/mol. The SMILES string of the molecule is NC(CO)C(O)c1cccc(C#CCCCCc2ccccc2)c1. The van der Waals surface area contributed by atoms with Gasteiger partial charge < -0.3 is 15.9 Å². The molecule has 0 bridgehead atoms. The van der Waals surface area contributed by atoms with Crippen LogP contribution in [0.2, 0.25) is 0 Å². The van der Waals surface area contributed by atoms with Crippen LogP contribution in [0.4, 0.5) is 0 Å². The summed E-state index contributed by atoms with van der Waals surface area (Å²) in [7, 11) is 0. The first-order valence-electron chi connectivity index (χ1n) is 8.38. The van der Waals surface area contributed by atoms with Crippen molar-refractivity contribution >= 4 is 0 Å². The molecule has 126 valence electrons. The van der Waals surface area contributed by atoms with E-state index >= 15 is 0 Å². The normalized spacial score (nSPS) is 13.0. The molecule has 2 rings (SSSR count). The minimum atomic E-state index is -0.873. The Bertz CT molecular complexity index is 673. The summed E-state index contributed by atoms with van der Waals surface area (Å²) in [6.07, 6.45) is 3.27. The molecule has 3 nitrogen and oxygen atoms in total. The second-order valence-electron chi connectivity index (χ2n) is 5.91. The smallest absolute Gasteiger partial charge is 0.0963 e. The minimum absolute atomic E-state index is 0.252. The van der Waals surface area contributed by atoms with E-state index in [1.807, 2.05) is 24.3 Å². The van der Waals surface area contributed by atoms with Crippen molar-refractivity contribution in [2.75, 3.05) is 6.61 Å². The van der Waals surface area contributed by atoms with E-state index in [-0.39, 0.29) is 6.61 Å². The molecule has 0 heterocycles. The summed E-state index contributed by atoms with van der Waals surface area (Å²) < 4.78 is 0. The zero-order valence-corrected chi connectivity index (χ0v) is 13.9. The van der Waals surface area contributed by atoms with Crippen LogP contribution in [0.1, 0.15) is 42.1 Å². The molecular weight excluding hydrogens is 298 g/mol. The van der Waals surface area contributed by atoms with Crippen molar-refractivity contribution in [3.8, 4) is 11.8 Å². The Kier molecular flexibility index (Phi) is 7.51. The number of nitrogens with two attached hydrogens (primary N) is 1. The Morgan fingerprint density at radius 2 is 1.79 bits per heavy atom. The summed E-state index contributed by atoms with van der Waals surface area (Å²) in [6.45, 7) is -0.252. The number of aliphatic hydroxyl groups excluding tert-OH is 2. The maximum Gasteiger partial charge on any atom is 0.0963 e. The number of aliphatic hydroxyl groups is 2. The van der Waals surface area contributed by atoms with Gasteiger partial charge >= 0.3 is 0 Å². The monoisotopic (exact) mass is 323 g/mol. The van der Waals surface area contributed by atoms with Gasteiger partial charge in [-0.25, -0.2) is 0 Å². The van der Waals surface area contributed by atoms with Crippen molar-refractivity contribution in [2.45, 2.75) is 37.8 Å². The van der Waals surface area contributed by atoms with Gasteiger partial charge in [0.25, 0.3) is 0 Å². The number of hydrogen-bond donors (Lipinski definition) is 3. The predicted molar refractivity (Wildman–Crippen MR) is 97.3 cm³/mol. The molecule has 0 spiro atoms. The largest absolute Gasteiger partial charge is 0.395 e. The Morgan fingerprint density at radius 1 is 1.00 bits per heavy atom. The second kappa shape index (κ2) is 9.89. The van der Waals surface area contributed by atoms with Crippen LogP contribution in [-0.4, -0.2) is 22.9 Å². The summed E-state index contributed by atoms with van der Waals surface area (Å²) >= 11 is 0. The van der Waals surface area contributed by atoms with Crippen LogP contribution in [-0.2, 0) is 6.42 Å². The van der Waals surface area contributed by atoms with Gasteiger partial charge in [-0.1, -0.05) is 54.3 Å². The molecule has 2 unspecified atom stereocenters. The van der Waals surface area contributed by atoms with Gasteiger partial charge in [-0.3, -0.25) is 0 Å². The lowest BCUT2D eigenvalue weighted by atomic mass is 10.0. The lowest BCUT2D eigenvalue weighted by Gasteiger charge is -2.16. The van der Waals surface area contributed by atoms with Crippen LogP contribution in [0.15, 0.2) is 54.6 Å². The zero-order valence-electron chi connectivity index (χ0n) is 13.9. The number of aryl methyl sites for hydroxylation is 1. The first-order chi connectivity index (χ1) is 11.7. The highest BCUT2D eigenvalue weighted by atomic mass is 16.3. The molecule has 24 heavy (non-hydrogen) atoms. The number of rotatable bonds is 7. The minimum Gasteiger partial charge on any atom is -0.395 e. The lowest BCUT2D eigenvalue weighted by molar-refractivity contribution is 0.109. The van der Waals surface area contributed by atoms with Crippen LogP contribution < -0.4 is 5.73 Å². The van der Waals surface area contributed by atoms with Crippen LogP contribution in [0.25, 0.3) is 0 Å². The van der Waals surface area contributed by atoms with Gasteiger partial charge in [-0.15, -0.1) is 0 Å². The molecule has 4 N–H and O–H groups in total. The van der Waals surface area contributed by atoms with E-state index in [0.717, 1.165) is 31.2 Å². The Hall–Kier alpha value is -2.12. The Morgan fingerprint density at radius 3 is 2.54 bits per heavy atom. The van der Waals surface area contributed by atoms with Gasteiger partial charge in [0.1, 0.15) is 0 Å². The highest BCUT2D eigenvalue weighted by Gasteiger charge is 2.15.